The van der Waals surface area contributed by atoms with Gasteiger partial charge in [0, 0.05) is 0 Å². The van der Waals surface area contributed by atoms with Crippen LogP contribution in [-0.4, -0.2) is 22.2 Å². The van der Waals surface area contributed by atoms with Crippen LogP contribution < -0.4 is 4.74 Å². The molecule has 90 valence electrons. The fourth-order valence-electron chi connectivity index (χ4n) is 0.928. The Kier molecular flexibility index (Phi) is 4.53. The number of hydrogen-bond acceptors (Lipinski definition) is 3. The maximum absolute atomic E-state index is 10.7. The van der Waals surface area contributed by atoms with Crippen molar-refractivity contribution >= 4 is 39.5 Å². The van der Waals surface area contributed by atoms with Crippen molar-refractivity contribution in [3.8, 4) is 5.75 Å². The molecule has 0 aromatic heterocycles. The second kappa shape index (κ2) is 5.70. The van der Waals surface area contributed by atoms with Gasteiger partial charge in [-0.25, -0.2) is 9.59 Å². The molecule has 0 heterocycles. The van der Waals surface area contributed by atoms with E-state index < -0.39 is 17.7 Å². The highest BCUT2D eigenvalue weighted by molar-refractivity contribution is 9.10. The van der Waals surface area contributed by atoms with Gasteiger partial charge in [-0.3, -0.25) is 0 Å². The summed E-state index contributed by atoms with van der Waals surface area (Å²) in [5, 5.41) is 17.5. The van der Waals surface area contributed by atoms with Crippen LogP contribution in [-0.2, 0) is 9.59 Å². The first-order valence-electron chi connectivity index (χ1n) is 4.21. The van der Waals surface area contributed by atoms with E-state index in [1.54, 1.807) is 12.1 Å². The van der Waals surface area contributed by atoms with E-state index in [2.05, 4.69) is 15.9 Å². The highest BCUT2D eigenvalue weighted by Crippen LogP contribution is 2.32. The van der Waals surface area contributed by atoms with Crippen molar-refractivity contribution in [2.24, 2.45) is 0 Å². The fraction of sp³-hybridized carbons (Fsp3) is 0. The highest BCUT2D eigenvalue weighted by Gasteiger charge is 2.15. The number of aliphatic carboxylic acids is 2. The smallest absolute Gasteiger partial charge is 0.372 e. The Morgan fingerprint density at radius 2 is 2.00 bits per heavy atom. The largest absolute Gasteiger partial charge is 0.478 e. The summed E-state index contributed by atoms with van der Waals surface area (Å²) in [6.45, 7) is 0. The number of hydrogen-bond donors (Lipinski definition) is 2. The number of ether oxygens (including phenoxy) is 1. The molecule has 2 N–H and O–H groups in total. The summed E-state index contributed by atoms with van der Waals surface area (Å²) >= 11 is 8.87. The summed E-state index contributed by atoms with van der Waals surface area (Å²) in [6, 6.07) is 4.57. The predicted molar refractivity (Wildman–Crippen MR) is 63.1 cm³/mol. The summed E-state index contributed by atoms with van der Waals surface area (Å²) in [4.78, 5) is 21.1. The minimum atomic E-state index is -1.49. The van der Waals surface area contributed by atoms with Gasteiger partial charge in [0.25, 0.3) is 0 Å². The lowest BCUT2D eigenvalue weighted by Gasteiger charge is -2.08. The van der Waals surface area contributed by atoms with Gasteiger partial charge >= 0.3 is 11.9 Å². The molecule has 0 aliphatic carbocycles. The first-order valence-corrected chi connectivity index (χ1v) is 5.38. The van der Waals surface area contributed by atoms with Gasteiger partial charge in [0.2, 0.25) is 5.76 Å². The van der Waals surface area contributed by atoms with Gasteiger partial charge in [-0.05, 0) is 28.1 Å². The second-order valence-electron chi connectivity index (χ2n) is 2.81. The minimum Gasteiger partial charge on any atom is -0.478 e. The first kappa shape index (κ1) is 13.5. The molecule has 0 amide bonds. The van der Waals surface area contributed by atoms with Gasteiger partial charge < -0.3 is 14.9 Å². The maximum atomic E-state index is 10.7. The van der Waals surface area contributed by atoms with Crippen LogP contribution in [0.1, 0.15) is 0 Å². The van der Waals surface area contributed by atoms with Crippen LogP contribution in [0.15, 0.2) is 34.5 Å². The van der Waals surface area contributed by atoms with Crippen molar-refractivity contribution in [1.29, 1.82) is 0 Å². The third kappa shape index (κ3) is 3.76. The molecule has 0 spiro atoms. The molecule has 1 aromatic carbocycles. The quantitative estimate of drug-likeness (QED) is 0.657. The van der Waals surface area contributed by atoms with Crippen LogP contribution in [0.3, 0.4) is 0 Å². The van der Waals surface area contributed by atoms with Crippen LogP contribution in [0.2, 0.25) is 5.02 Å². The molecule has 0 saturated heterocycles. The zero-order valence-corrected chi connectivity index (χ0v) is 10.5. The van der Waals surface area contributed by atoms with E-state index in [0.717, 1.165) is 0 Å². The average Bonchev–Trinajstić information content (AvgIpc) is 2.22. The van der Waals surface area contributed by atoms with Crippen LogP contribution in [0.4, 0.5) is 0 Å². The lowest BCUT2D eigenvalue weighted by Crippen LogP contribution is -2.10. The van der Waals surface area contributed by atoms with Crippen molar-refractivity contribution in [2.45, 2.75) is 0 Å². The van der Waals surface area contributed by atoms with Crippen molar-refractivity contribution in [3.63, 3.8) is 0 Å². The second-order valence-corrected chi connectivity index (χ2v) is 4.01. The molecule has 5 nitrogen and oxygen atoms in total. The van der Waals surface area contributed by atoms with E-state index in [1.807, 2.05) is 0 Å². The number of halogens is 2. The molecule has 1 rings (SSSR count). The molecule has 0 saturated carbocycles. The summed E-state index contributed by atoms with van der Waals surface area (Å²) in [7, 11) is 0. The van der Waals surface area contributed by atoms with Crippen LogP contribution in [0.5, 0.6) is 5.75 Å². The van der Waals surface area contributed by atoms with Crippen LogP contribution in [0, 0.1) is 0 Å². The standard InChI is InChI=1S/C10H6BrClO5/c11-9-5(12)2-1-3-6(9)17-7(10(15)16)4-8(13)14/h1-4H,(H,13,14)(H,15,16)/b7-4+. The third-order valence-corrected chi connectivity index (χ3v) is 2.96. The fourth-order valence-corrected chi connectivity index (χ4v) is 1.44. The van der Waals surface area contributed by atoms with Crippen LogP contribution >= 0.6 is 27.5 Å². The zero-order valence-electron chi connectivity index (χ0n) is 8.18. The number of rotatable bonds is 4. The van der Waals surface area contributed by atoms with Crippen molar-refractivity contribution < 1.29 is 24.5 Å². The Balaban J connectivity index is 3.07. The third-order valence-electron chi connectivity index (χ3n) is 1.60. The Bertz CT molecular complexity index is 497. The minimum absolute atomic E-state index is 0.118. The molecular weight excluding hydrogens is 315 g/mol. The van der Waals surface area contributed by atoms with Gasteiger partial charge in [-0.1, -0.05) is 17.7 Å². The molecule has 0 aliphatic rings. The number of carboxylic acids is 2. The van der Waals surface area contributed by atoms with Gasteiger partial charge in [-0.2, -0.15) is 0 Å². The summed E-state index contributed by atoms with van der Waals surface area (Å²) in [6.07, 6.45) is 0.454. The van der Waals surface area contributed by atoms with E-state index in [1.165, 1.54) is 6.07 Å². The number of carboxylic acid groups (broad SMARTS) is 2. The molecule has 0 fully saturated rings. The SMILES string of the molecule is O=C(O)/C=C(/Oc1cccc(Cl)c1Br)C(=O)O. The van der Waals surface area contributed by atoms with Crippen molar-refractivity contribution in [1.82, 2.24) is 0 Å². The van der Waals surface area contributed by atoms with Crippen LogP contribution in [0.25, 0.3) is 0 Å². The molecular formula is C10H6BrClO5. The molecule has 7 heteroatoms. The lowest BCUT2D eigenvalue weighted by atomic mass is 10.3. The molecule has 17 heavy (non-hydrogen) atoms. The monoisotopic (exact) mass is 320 g/mol. The summed E-state index contributed by atoms with van der Waals surface area (Å²) in [5.41, 5.74) is 0. The molecule has 0 bridgehead atoms. The molecule has 1 aromatic rings. The van der Waals surface area contributed by atoms with Gasteiger partial charge in [0.1, 0.15) is 5.75 Å². The van der Waals surface area contributed by atoms with Gasteiger partial charge in [0.05, 0.1) is 15.6 Å². The van der Waals surface area contributed by atoms with Crippen molar-refractivity contribution in [2.75, 3.05) is 0 Å². The van der Waals surface area contributed by atoms with Gasteiger partial charge in [-0.15, -0.1) is 0 Å². The predicted octanol–water partition coefficient (Wildman–Crippen LogP) is 2.53. The number of benzene rings is 1. The summed E-state index contributed by atoms with van der Waals surface area (Å²) in [5.74, 6) is -3.49. The Morgan fingerprint density at radius 3 is 2.53 bits per heavy atom. The number of carbonyl (C=O) groups is 2. The van der Waals surface area contributed by atoms with Crippen molar-refractivity contribution in [3.05, 3.63) is 39.5 Å². The highest BCUT2D eigenvalue weighted by atomic mass is 79.9. The topological polar surface area (TPSA) is 83.8 Å². The molecule has 0 unspecified atom stereocenters. The maximum Gasteiger partial charge on any atom is 0.372 e. The van der Waals surface area contributed by atoms with E-state index in [-0.39, 0.29) is 5.75 Å². The molecule has 0 aliphatic heterocycles. The zero-order chi connectivity index (χ0) is 13.0. The first-order chi connectivity index (χ1) is 7.91. The molecule has 0 atom stereocenters. The Labute approximate surface area is 109 Å². The summed E-state index contributed by atoms with van der Waals surface area (Å²) < 4.78 is 5.29. The lowest BCUT2D eigenvalue weighted by molar-refractivity contribution is -0.137. The van der Waals surface area contributed by atoms with E-state index in [4.69, 9.17) is 26.6 Å². The Hall–Kier alpha value is -1.53. The van der Waals surface area contributed by atoms with Gasteiger partial charge in [0.15, 0.2) is 0 Å². The van der Waals surface area contributed by atoms with E-state index in [0.29, 0.717) is 15.6 Å². The van der Waals surface area contributed by atoms with E-state index >= 15 is 0 Å². The van der Waals surface area contributed by atoms with E-state index in [9.17, 15) is 9.59 Å². The molecule has 0 radical (unpaired) electrons. The average molecular weight is 322 g/mol. The Morgan fingerprint density at radius 1 is 1.35 bits per heavy atom. The normalized spacial score (nSPS) is 11.1.